The molecule has 2 aliphatic carbocycles. The monoisotopic (exact) mass is 347 g/mol. The summed E-state index contributed by atoms with van der Waals surface area (Å²) < 4.78 is 5.66. The van der Waals surface area contributed by atoms with E-state index in [1.54, 1.807) is 4.90 Å². The van der Waals surface area contributed by atoms with Gasteiger partial charge < -0.3 is 9.64 Å². The van der Waals surface area contributed by atoms with Gasteiger partial charge in [-0.3, -0.25) is 4.79 Å². The summed E-state index contributed by atoms with van der Waals surface area (Å²) in [6, 6.07) is 16.6. The van der Waals surface area contributed by atoms with Crippen molar-refractivity contribution >= 4 is 11.9 Å². The third-order valence-electron chi connectivity index (χ3n) is 6.23. The van der Waals surface area contributed by atoms with Gasteiger partial charge in [-0.1, -0.05) is 48.5 Å². The molecular weight excluding hydrogens is 326 g/mol. The Labute approximate surface area is 152 Å². The third kappa shape index (κ3) is 2.21. The number of likely N-dealkylation sites (tertiary alicyclic amines) is 1. The Hall–Kier alpha value is -2.62. The van der Waals surface area contributed by atoms with Crippen molar-refractivity contribution in [1.29, 1.82) is 0 Å². The van der Waals surface area contributed by atoms with Gasteiger partial charge in [-0.15, -0.1) is 0 Å². The maximum Gasteiger partial charge on any atom is 0.409 e. The van der Waals surface area contributed by atoms with Crippen molar-refractivity contribution in [3.63, 3.8) is 0 Å². The Kier molecular flexibility index (Phi) is 3.42. The van der Waals surface area contributed by atoms with Crippen LogP contribution in [-0.2, 0) is 9.53 Å². The van der Waals surface area contributed by atoms with Crippen LogP contribution < -0.4 is 0 Å². The van der Waals surface area contributed by atoms with Gasteiger partial charge in [-0.25, -0.2) is 4.79 Å². The molecule has 0 aromatic heterocycles. The zero-order valence-corrected chi connectivity index (χ0v) is 14.6. The Morgan fingerprint density at radius 1 is 1.04 bits per heavy atom. The minimum atomic E-state index is -0.294. The molecule has 4 heteroatoms. The van der Waals surface area contributed by atoms with E-state index in [9.17, 15) is 9.59 Å². The zero-order valence-electron chi connectivity index (χ0n) is 14.6. The minimum Gasteiger partial charge on any atom is -0.448 e. The lowest BCUT2D eigenvalue weighted by molar-refractivity contribution is -0.133. The largest absolute Gasteiger partial charge is 0.448 e. The summed E-state index contributed by atoms with van der Waals surface area (Å²) in [6.45, 7) is 1.40. The number of fused-ring (bicyclic) bond motifs is 3. The van der Waals surface area contributed by atoms with Crippen molar-refractivity contribution in [3.05, 3.63) is 59.7 Å². The van der Waals surface area contributed by atoms with Crippen LogP contribution in [0.25, 0.3) is 11.1 Å². The SMILES string of the molecule is O=C(OCC1c2ccccc2-c2ccccc21)N1CC2(CCCC2=O)C1. The number of ketones is 1. The van der Waals surface area contributed by atoms with Crippen LogP contribution in [-0.4, -0.2) is 36.5 Å². The van der Waals surface area contributed by atoms with Gasteiger partial charge in [-0.05, 0) is 35.1 Å². The van der Waals surface area contributed by atoms with Crippen LogP contribution in [0.5, 0.6) is 0 Å². The van der Waals surface area contributed by atoms with E-state index in [-0.39, 0.29) is 17.4 Å². The highest BCUT2D eigenvalue weighted by molar-refractivity contribution is 5.90. The molecule has 1 heterocycles. The molecule has 3 aliphatic rings. The Morgan fingerprint density at radius 2 is 1.65 bits per heavy atom. The van der Waals surface area contributed by atoms with Crippen LogP contribution in [0.1, 0.15) is 36.3 Å². The molecule has 0 bridgehead atoms. The fraction of sp³-hybridized carbons (Fsp3) is 0.364. The van der Waals surface area contributed by atoms with Gasteiger partial charge in [-0.2, -0.15) is 0 Å². The van der Waals surface area contributed by atoms with E-state index < -0.39 is 0 Å². The lowest BCUT2D eigenvalue weighted by atomic mass is 9.78. The predicted molar refractivity (Wildman–Crippen MR) is 97.9 cm³/mol. The van der Waals surface area contributed by atoms with Gasteiger partial charge in [0.15, 0.2) is 0 Å². The summed E-state index contributed by atoms with van der Waals surface area (Å²) in [5.74, 6) is 0.398. The standard InChI is InChI=1S/C22H21NO3/c24-20-10-5-11-22(20)13-23(14-22)21(25)26-12-19-17-8-3-1-6-15(17)16-7-2-4-9-18(16)19/h1-4,6-9,19H,5,10-14H2. The number of amides is 1. The molecule has 0 radical (unpaired) electrons. The molecule has 26 heavy (non-hydrogen) atoms. The van der Waals surface area contributed by atoms with Crippen LogP contribution in [0, 0.1) is 5.41 Å². The van der Waals surface area contributed by atoms with Crippen molar-refractivity contribution in [2.75, 3.05) is 19.7 Å². The van der Waals surface area contributed by atoms with Crippen LogP contribution in [0.15, 0.2) is 48.5 Å². The Bertz CT molecular complexity index is 852. The van der Waals surface area contributed by atoms with E-state index in [0.717, 1.165) is 12.8 Å². The number of nitrogens with zero attached hydrogens (tertiary/aromatic N) is 1. The van der Waals surface area contributed by atoms with E-state index in [2.05, 4.69) is 24.3 Å². The summed E-state index contributed by atoms with van der Waals surface area (Å²) in [5, 5.41) is 0. The number of Topliss-reactive ketones (excluding diaryl/α,β-unsaturated/α-hetero) is 1. The molecule has 1 saturated heterocycles. The second kappa shape index (κ2) is 5.70. The predicted octanol–water partition coefficient (Wildman–Crippen LogP) is 3.99. The molecule has 5 rings (SSSR count). The molecular formula is C22H21NO3. The second-order valence-electron chi connectivity index (χ2n) is 7.72. The van der Waals surface area contributed by atoms with Crippen molar-refractivity contribution in [2.45, 2.75) is 25.2 Å². The number of ether oxygens (including phenoxy) is 1. The summed E-state index contributed by atoms with van der Waals surface area (Å²) in [4.78, 5) is 26.1. The van der Waals surface area contributed by atoms with E-state index in [0.29, 0.717) is 31.9 Å². The number of carbonyl (C=O) groups excluding carboxylic acids is 2. The summed E-state index contributed by atoms with van der Waals surface area (Å²) in [5.41, 5.74) is 4.62. The van der Waals surface area contributed by atoms with Crippen molar-refractivity contribution in [3.8, 4) is 11.1 Å². The molecule has 0 unspecified atom stereocenters. The summed E-state index contributed by atoms with van der Waals surface area (Å²) >= 11 is 0. The van der Waals surface area contributed by atoms with E-state index in [4.69, 9.17) is 4.74 Å². The van der Waals surface area contributed by atoms with Gasteiger partial charge in [0.2, 0.25) is 0 Å². The van der Waals surface area contributed by atoms with E-state index >= 15 is 0 Å². The van der Waals surface area contributed by atoms with Crippen LogP contribution in [0.4, 0.5) is 4.79 Å². The Morgan fingerprint density at radius 3 is 2.23 bits per heavy atom. The lowest BCUT2D eigenvalue weighted by Gasteiger charge is -2.45. The highest BCUT2D eigenvalue weighted by Crippen LogP contribution is 2.45. The first-order valence-corrected chi connectivity index (χ1v) is 9.31. The highest BCUT2D eigenvalue weighted by atomic mass is 16.6. The first kappa shape index (κ1) is 15.6. The molecule has 1 saturated carbocycles. The number of hydrogen-bond acceptors (Lipinski definition) is 3. The van der Waals surface area contributed by atoms with Crippen molar-refractivity contribution in [1.82, 2.24) is 4.90 Å². The van der Waals surface area contributed by atoms with Crippen molar-refractivity contribution in [2.24, 2.45) is 5.41 Å². The molecule has 1 spiro atoms. The van der Waals surface area contributed by atoms with Gasteiger partial charge in [0.1, 0.15) is 12.4 Å². The minimum absolute atomic E-state index is 0.0784. The number of hydrogen-bond donors (Lipinski definition) is 0. The molecule has 2 aromatic rings. The van der Waals surface area contributed by atoms with Gasteiger partial charge in [0, 0.05) is 25.4 Å². The molecule has 4 nitrogen and oxygen atoms in total. The average Bonchev–Trinajstić information content (AvgIpc) is 3.17. The fourth-order valence-corrected chi connectivity index (χ4v) is 4.83. The first-order valence-electron chi connectivity index (χ1n) is 9.31. The zero-order chi connectivity index (χ0) is 17.7. The van der Waals surface area contributed by atoms with Crippen molar-refractivity contribution < 1.29 is 14.3 Å². The average molecular weight is 347 g/mol. The molecule has 1 amide bonds. The number of benzene rings is 2. The third-order valence-corrected chi connectivity index (χ3v) is 6.23. The lowest BCUT2D eigenvalue weighted by Crippen LogP contribution is -2.60. The second-order valence-corrected chi connectivity index (χ2v) is 7.72. The maximum atomic E-state index is 12.4. The summed E-state index contributed by atoms with van der Waals surface area (Å²) in [7, 11) is 0. The number of rotatable bonds is 2. The quantitative estimate of drug-likeness (QED) is 0.825. The van der Waals surface area contributed by atoms with Gasteiger partial charge in [0.25, 0.3) is 0 Å². The fourth-order valence-electron chi connectivity index (χ4n) is 4.83. The number of carbonyl (C=O) groups is 2. The molecule has 2 fully saturated rings. The molecule has 2 aromatic carbocycles. The van der Waals surface area contributed by atoms with E-state index in [1.165, 1.54) is 22.3 Å². The van der Waals surface area contributed by atoms with Crippen LogP contribution >= 0.6 is 0 Å². The van der Waals surface area contributed by atoms with Crippen LogP contribution in [0.3, 0.4) is 0 Å². The smallest absolute Gasteiger partial charge is 0.409 e. The Balaban J connectivity index is 1.29. The highest BCUT2D eigenvalue weighted by Gasteiger charge is 2.53. The normalized spacial score (nSPS) is 20.0. The van der Waals surface area contributed by atoms with Gasteiger partial charge in [0.05, 0.1) is 5.41 Å². The summed E-state index contributed by atoms with van der Waals surface area (Å²) in [6.07, 6.45) is 2.24. The molecule has 1 aliphatic heterocycles. The van der Waals surface area contributed by atoms with Gasteiger partial charge >= 0.3 is 6.09 Å². The van der Waals surface area contributed by atoms with E-state index in [1.807, 2.05) is 24.3 Å². The molecule has 132 valence electrons. The van der Waals surface area contributed by atoms with Crippen LogP contribution in [0.2, 0.25) is 0 Å². The molecule has 0 atom stereocenters. The topological polar surface area (TPSA) is 46.6 Å². The maximum absolute atomic E-state index is 12.4. The first-order chi connectivity index (χ1) is 12.7. The molecule has 0 N–H and O–H groups in total.